The molecule has 22 heavy (non-hydrogen) atoms. The molecule has 2 aliphatic carbocycles. The van der Waals surface area contributed by atoms with Crippen molar-refractivity contribution in [2.75, 3.05) is 0 Å². The summed E-state index contributed by atoms with van der Waals surface area (Å²) in [6.07, 6.45) is 13.0. The van der Waals surface area contributed by atoms with Crippen LogP contribution in [0, 0.1) is 5.92 Å². The molecule has 0 bridgehead atoms. The molecule has 2 saturated carbocycles. The van der Waals surface area contributed by atoms with Crippen LogP contribution in [0.2, 0.25) is 0 Å². The zero-order chi connectivity index (χ0) is 15.2. The minimum Gasteiger partial charge on any atom is -0.349 e. The highest BCUT2D eigenvalue weighted by Crippen LogP contribution is 2.29. The number of aromatic nitrogens is 4. The Hall–Kier alpha value is -1.46. The molecule has 0 aliphatic heterocycles. The fourth-order valence-corrected chi connectivity index (χ4v) is 3.84. The number of nitrogens with zero attached hydrogens (tertiary/aromatic N) is 4. The van der Waals surface area contributed by atoms with E-state index in [1.807, 2.05) is 4.68 Å². The Morgan fingerprint density at radius 2 is 1.82 bits per heavy atom. The van der Waals surface area contributed by atoms with Gasteiger partial charge in [0.15, 0.2) is 5.82 Å². The van der Waals surface area contributed by atoms with Crippen LogP contribution in [0.25, 0.3) is 0 Å². The van der Waals surface area contributed by atoms with Gasteiger partial charge in [0.25, 0.3) is 0 Å². The largest absolute Gasteiger partial charge is 0.349 e. The lowest BCUT2D eigenvalue weighted by atomic mass is 9.95. The number of amides is 1. The van der Waals surface area contributed by atoms with Crippen LogP contribution in [0.5, 0.6) is 0 Å². The van der Waals surface area contributed by atoms with Crippen LogP contribution in [0.15, 0.2) is 0 Å². The standard InChI is InChI=1S/C16H27N5O/c22-16(11-10-13-6-4-5-7-13)17-12-15-18-19-20-21(15)14-8-2-1-3-9-14/h13-14H,1-12H2,(H,17,22). The van der Waals surface area contributed by atoms with Crippen LogP contribution in [0.1, 0.15) is 82.5 Å². The maximum atomic E-state index is 12.0. The van der Waals surface area contributed by atoms with E-state index >= 15 is 0 Å². The van der Waals surface area contributed by atoms with Crippen LogP contribution in [0.4, 0.5) is 0 Å². The van der Waals surface area contributed by atoms with Crippen molar-refractivity contribution in [1.82, 2.24) is 25.5 Å². The predicted molar refractivity (Wildman–Crippen MR) is 83.0 cm³/mol. The molecule has 1 heterocycles. The van der Waals surface area contributed by atoms with Crippen LogP contribution < -0.4 is 5.32 Å². The smallest absolute Gasteiger partial charge is 0.220 e. The average molecular weight is 305 g/mol. The van der Waals surface area contributed by atoms with Gasteiger partial charge in [0, 0.05) is 6.42 Å². The molecule has 1 N–H and O–H groups in total. The van der Waals surface area contributed by atoms with Gasteiger partial charge in [0.2, 0.25) is 5.91 Å². The van der Waals surface area contributed by atoms with Gasteiger partial charge in [-0.1, -0.05) is 44.9 Å². The molecule has 1 amide bonds. The molecule has 0 unspecified atom stereocenters. The summed E-state index contributed by atoms with van der Waals surface area (Å²) in [5.41, 5.74) is 0. The first kappa shape index (κ1) is 15.4. The highest BCUT2D eigenvalue weighted by atomic mass is 16.1. The van der Waals surface area contributed by atoms with E-state index < -0.39 is 0 Å². The van der Waals surface area contributed by atoms with Gasteiger partial charge in [0.1, 0.15) is 0 Å². The van der Waals surface area contributed by atoms with Crippen molar-refractivity contribution < 1.29 is 4.79 Å². The summed E-state index contributed by atoms with van der Waals surface area (Å²) in [5, 5.41) is 15.0. The fraction of sp³-hybridized carbons (Fsp3) is 0.875. The van der Waals surface area contributed by atoms with E-state index in [4.69, 9.17) is 0 Å². The van der Waals surface area contributed by atoms with Crippen molar-refractivity contribution in [3.8, 4) is 0 Å². The molecular formula is C16H27N5O. The number of carbonyl (C=O) groups excluding carboxylic acids is 1. The molecule has 1 aromatic rings. The van der Waals surface area contributed by atoms with Crippen molar-refractivity contribution in [3.05, 3.63) is 5.82 Å². The van der Waals surface area contributed by atoms with Crippen LogP contribution in [-0.2, 0) is 11.3 Å². The van der Waals surface area contributed by atoms with Gasteiger partial charge in [-0.3, -0.25) is 4.79 Å². The van der Waals surface area contributed by atoms with Gasteiger partial charge < -0.3 is 5.32 Å². The maximum Gasteiger partial charge on any atom is 0.220 e. The summed E-state index contributed by atoms with van der Waals surface area (Å²) in [5.74, 6) is 1.68. The first-order chi connectivity index (χ1) is 10.8. The molecule has 0 aromatic carbocycles. The molecule has 122 valence electrons. The van der Waals surface area contributed by atoms with Crippen molar-refractivity contribution >= 4 is 5.91 Å². The maximum absolute atomic E-state index is 12.0. The normalized spacial score (nSPS) is 20.4. The second kappa shape index (κ2) is 7.70. The van der Waals surface area contributed by atoms with Gasteiger partial charge in [-0.05, 0) is 35.6 Å². The van der Waals surface area contributed by atoms with Gasteiger partial charge in [-0.25, -0.2) is 4.68 Å². The molecule has 6 heteroatoms. The fourth-order valence-electron chi connectivity index (χ4n) is 3.84. The van der Waals surface area contributed by atoms with Crippen LogP contribution in [0.3, 0.4) is 0 Å². The molecule has 0 saturated heterocycles. The van der Waals surface area contributed by atoms with Crippen molar-refractivity contribution in [3.63, 3.8) is 0 Å². The Kier molecular flexibility index (Phi) is 5.40. The monoisotopic (exact) mass is 305 g/mol. The van der Waals surface area contributed by atoms with E-state index in [-0.39, 0.29) is 5.91 Å². The summed E-state index contributed by atoms with van der Waals surface area (Å²) in [6.45, 7) is 0.451. The van der Waals surface area contributed by atoms with E-state index in [0.717, 1.165) is 31.0 Å². The first-order valence-corrected chi connectivity index (χ1v) is 8.86. The van der Waals surface area contributed by atoms with E-state index in [9.17, 15) is 4.79 Å². The second-order valence-corrected chi connectivity index (χ2v) is 6.80. The Morgan fingerprint density at radius 1 is 1.09 bits per heavy atom. The van der Waals surface area contributed by atoms with E-state index in [1.165, 1.54) is 44.9 Å². The molecule has 0 spiro atoms. The van der Waals surface area contributed by atoms with E-state index in [0.29, 0.717) is 19.0 Å². The topological polar surface area (TPSA) is 72.7 Å². The summed E-state index contributed by atoms with van der Waals surface area (Å²) in [6, 6.07) is 0.411. The zero-order valence-corrected chi connectivity index (χ0v) is 13.3. The summed E-state index contributed by atoms with van der Waals surface area (Å²) in [4.78, 5) is 12.0. The number of rotatable bonds is 6. The van der Waals surface area contributed by atoms with Gasteiger partial charge in [0.05, 0.1) is 12.6 Å². The van der Waals surface area contributed by atoms with Crippen molar-refractivity contribution in [1.29, 1.82) is 0 Å². The molecular weight excluding hydrogens is 278 g/mol. The molecule has 0 atom stereocenters. The number of hydrogen-bond donors (Lipinski definition) is 1. The lowest BCUT2D eigenvalue weighted by Crippen LogP contribution is -2.26. The van der Waals surface area contributed by atoms with Crippen LogP contribution in [-0.4, -0.2) is 26.1 Å². The highest BCUT2D eigenvalue weighted by Gasteiger charge is 2.20. The Morgan fingerprint density at radius 3 is 2.59 bits per heavy atom. The summed E-state index contributed by atoms with van der Waals surface area (Å²) < 4.78 is 1.93. The lowest BCUT2D eigenvalue weighted by Gasteiger charge is -2.22. The zero-order valence-electron chi connectivity index (χ0n) is 13.3. The van der Waals surface area contributed by atoms with Gasteiger partial charge in [-0.2, -0.15) is 0 Å². The van der Waals surface area contributed by atoms with Crippen LogP contribution >= 0.6 is 0 Å². The third-order valence-electron chi connectivity index (χ3n) is 5.18. The highest BCUT2D eigenvalue weighted by molar-refractivity contribution is 5.75. The van der Waals surface area contributed by atoms with Crippen molar-refractivity contribution in [2.24, 2.45) is 5.92 Å². The second-order valence-electron chi connectivity index (χ2n) is 6.80. The molecule has 2 aliphatic rings. The molecule has 1 aromatic heterocycles. The number of nitrogens with one attached hydrogen (secondary N) is 1. The Balaban J connectivity index is 1.44. The number of tetrazole rings is 1. The first-order valence-electron chi connectivity index (χ1n) is 8.86. The SMILES string of the molecule is O=C(CCC1CCCC1)NCc1nnnn1C1CCCCC1. The predicted octanol–water partition coefficient (Wildman–Crippen LogP) is 2.76. The van der Waals surface area contributed by atoms with E-state index in [1.54, 1.807) is 0 Å². The Labute approximate surface area is 132 Å². The minimum atomic E-state index is 0.130. The molecule has 0 radical (unpaired) electrons. The molecule has 3 rings (SSSR count). The number of hydrogen-bond acceptors (Lipinski definition) is 4. The van der Waals surface area contributed by atoms with Crippen molar-refractivity contribution in [2.45, 2.75) is 83.2 Å². The van der Waals surface area contributed by atoms with Gasteiger partial charge in [-0.15, -0.1) is 5.10 Å². The molecule has 6 nitrogen and oxygen atoms in total. The van der Waals surface area contributed by atoms with E-state index in [2.05, 4.69) is 20.8 Å². The third-order valence-corrected chi connectivity index (χ3v) is 5.18. The third kappa shape index (κ3) is 4.05. The summed E-state index contributed by atoms with van der Waals surface area (Å²) >= 11 is 0. The molecule has 2 fully saturated rings. The summed E-state index contributed by atoms with van der Waals surface area (Å²) in [7, 11) is 0. The quantitative estimate of drug-likeness (QED) is 0.877. The number of carbonyl (C=O) groups is 1. The lowest BCUT2D eigenvalue weighted by molar-refractivity contribution is -0.121. The average Bonchev–Trinajstić information content (AvgIpc) is 3.23. The van der Waals surface area contributed by atoms with Gasteiger partial charge >= 0.3 is 0 Å². The Bertz CT molecular complexity index is 475. The minimum absolute atomic E-state index is 0.130.